The molecule has 1 aliphatic heterocycles. The van der Waals surface area contributed by atoms with Crippen molar-refractivity contribution in [1.29, 1.82) is 0 Å². The van der Waals surface area contributed by atoms with Gasteiger partial charge in [-0.25, -0.2) is 0 Å². The van der Waals surface area contributed by atoms with Gasteiger partial charge in [-0.05, 0) is 25.7 Å². The molecule has 0 bridgehead atoms. The number of hydrogen-bond donors (Lipinski definition) is 2. The van der Waals surface area contributed by atoms with Crippen LogP contribution in [-0.2, 0) is 4.79 Å². The van der Waals surface area contributed by atoms with E-state index in [1.54, 1.807) is 0 Å². The Hall–Kier alpha value is -1.50. The van der Waals surface area contributed by atoms with E-state index in [4.69, 9.17) is 0 Å². The standard InChI is InChI=1S/C13H21N5OS/c1-3-9(4-2)12-17-18-13(20-12)16-11(19)10-14-7-5-6-8-15-10/h9H,3-8H2,1-2H3,(H,14,15)(H,16,18,19). The van der Waals surface area contributed by atoms with Crippen molar-refractivity contribution in [1.82, 2.24) is 15.5 Å². The SMILES string of the molecule is CCC(CC)c1nnc(NC(=O)C2=NCCCCN2)s1. The molecule has 20 heavy (non-hydrogen) atoms. The van der Waals surface area contributed by atoms with Gasteiger partial charge in [-0.2, -0.15) is 0 Å². The number of carbonyl (C=O) groups is 1. The molecule has 1 amide bonds. The van der Waals surface area contributed by atoms with Crippen LogP contribution in [-0.4, -0.2) is 35.0 Å². The monoisotopic (exact) mass is 295 g/mol. The Morgan fingerprint density at radius 2 is 2.15 bits per heavy atom. The minimum atomic E-state index is -0.223. The van der Waals surface area contributed by atoms with E-state index in [-0.39, 0.29) is 5.91 Å². The second-order valence-corrected chi connectivity index (χ2v) is 5.79. The van der Waals surface area contributed by atoms with Gasteiger partial charge in [0.1, 0.15) is 5.01 Å². The zero-order valence-electron chi connectivity index (χ0n) is 12.0. The van der Waals surface area contributed by atoms with Crippen LogP contribution in [0.4, 0.5) is 5.13 Å². The first kappa shape index (κ1) is 14.9. The third kappa shape index (κ3) is 3.75. The van der Waals surface area contributed by atoms with Gasteiger partial charge in [0.15, 0.2) is 5.84 Å². The minimum Gasteiger partial charge on any atom is -0.366 e. The Labute approximate surface area is 123 Å². The average molecular weight is 295 g/mol. The molecular weight excluding hydrogens is 274 g/mol. The topological polar surface area (TPSA) is 79.3 Å². The van der Waals surface area contributed by atoms with Gasteiger partial charge in [0.05, 0.1) is 0 Å². The number of nitrogens with zero attached hydrogens (tertiary/aromatic N) is 3. The minimum absolute atomic E-state index is 0.223. The van der Waals surface area contributed by atoms with Crippen LogP contribution >= 0.6 is 11.3 Å². The second kappa shape index (κ2) is 7.33. The molecule has 6 nitrogen and oxygen atoms in total. The molecule has 0 aliphatic carbocycles. The number of rotatable bonds is 5. The average Bonchev–Trinajstić information content (AvgIpc) is 2.75. The maximum absolute atomic E-state index is 12.1. The molecular formula is C13H21N5OS. The van der Waals surface area contributed by atoms with E-state index in [1.165, 1.54) is 11.3 Å². The molecule has 1 aliphatic rings. The van der Waals surface area contributed by atoms with Crippen molar-refractivity contribution < 1.29 is 4.79 Å². The third-order valence-electron chi connectivity index (χ3n) is 3.36. The maximum atomic E-state index is 12.1. The molecule has 2 heterocycles. The highest BCUT2D eigenvalue weighted by molar-refractivity contribution is 7.15. The van der Waals surface area contributed by atoms with Crippen molar-refractivity contribution in [3.8, 4) is 0 Å². The summed E-state index contributed by atoms with van der Waals surface area (Å²) >= 11 is 1.45. The van der Waals surface area contributed by atoms with Crippen LogP contribution in [0.25, 0.3) is 0 Å². The quantitative estimate of drug-likeness (QED) is 0.872. The summed E-state index contributed by atoms with van der Waals surface area (Å²) in [7, 11) is 0. The molecule has 0 unspecified atom stereocenters. The molecule has 0 aromatic carbocycles. The van der Waals surface area contributed by atoms with Crippen molar-refractivity contribution in [2.45, 2.75) is 45.4 Å². The van der Waals surface area contributed by atoms with E-state index in [9.17, 15) is 4.79 Å². The lowest BCUT2D eigenvalue weighted by Gasteiger charge is -2.06. The van der Waals surface area contributed by atoms with E-state index in [0.29, 0.717) is 23.4 Å². The number of amidine groups is 1. The Bertz CT molecular complexity index is 481. The first-order chi connectivity index (χ1) is 9.74. The van der Waals surface area contributed by atoms with Gasteiger partial charge in [-0.3, -0.25) is 15.1 Å². The maximum Gasteiger partial charge on any atom is 0.292 e. The summed E-state index contributed by atoms with van der Waals surface area (Å²) in [4.78, 5) is 16.3. The first-order valence-corrected chi connectivity index (χ1v) is 7.99. The molecule has 1 aromatic rings. The third-order valence-corrected chi connectivity index (χ3v) is 4.36. The summed E-state index contributed by atoms with van der Waals surface area (Å²) in [6.45, 7) is 5.77. The van der Waals surface area contributed by atoms with Crippen LogP contribution in [0, 0.1) is 0 Å². The zero-order chi connectivity index (χ0) is 14.4. The molecule has 2 N–H and O–H groups in total. The van der Waals surface area contributed by atoms with Gasteiger partial charge in [0.2, 0.25) is 5.13 Å². The molecule has 1 aromatic heterocycles. The summed E-state index contributed by atoms with van der Waals surface area (Å²) < 4.78 is 0. The highest BCUT2D eigenvalue weighted by Gasteiger charge is 2.17. The molecule has 0 fully saturated rings. The van der Waals surface area contributed by atoms with Crippen LogP contribution < -0.4 is 10.6 Å². The summed E-state index contributed by atoms with van der Waals surface area (Å²) in [6, 6.07) is 0. The largest absolute Gasteiger partial charge is 0.366 e. The molecule has 0 spiro atoms. The lowest BCUT2D eigenvalue weighted by molar-refractivity contribution is -0.110. The van der Waals surface area contributed by atoms with Crippen molar-refractivity contribution in [2.75, 3.05) is 18.4 Å². The van der Waals surface area contributed by atoms with Crippen LogP contribution in [0.1, 0.15) is 50.5 Å². The van der Waals surface area contributed by atoms with E-state index in [1.807, 2.05) is 0 Å². The summed E-state index contributed by atoms with van der Waals surface area (Å²) in [5, 5.41) is 15.6. The highest BCUT2D eigenvalue weighted by Crippen LogP contribution is 2.27. The summed E-state index contributed by atoms with van der Waals surface area (Å²) in [6.07, 6.45) is 4.13. The second-order valence-electron chi connectivity index (χ2n) is 4.78. The van der Waals surface area contributed by atoms with Crippen molar-refractivity contribution in [2.24, 2.45) is 4.99 Å². The predicted octanol–water partition coefficient (Wildman–Crippen LogP) is 2.16. The molecule has 0 atom stereocenters. The number of nitrogens with one attached hydrogen (secondary N) is 2. The number of aliphatic imine (C=N–C) groups is 1. The number of aromatic nitrogens is 2. The fourth-order valence-corrected chi connectivity index (χ4v) is 3.09. The van der Waals surface area contributed by atoms with Gasteiger partial charge in [-0.1, -0.05) is 25.2 Å². The van der Waals surface area contributed by atoms with Crippen molar-refractivity contribution in [3.63, 3.8) is 0 Å². The number of anilines is 1. The summed E-state index contributed by atoms with van der Waals surface area (Å²) in [5.41, 5.74) is 0. The van der Waals surface area contributed by atoms with Crippen LogP contribution in [0.5, 0.6) is 0 Å². The van der Waals surface area contributed by atoms with E-state index >= 15 is 0 Å². The fourth-order valence-electron chi connectivity index (χ4n) is 2.09. The van der Waals surface area contributed by atoms with Crippen molar-refractivity contribution in [3.05, 3.63) is 5.01 Å². The van der Waals surface area contributed by atoms with Gasteiger partial charge in [0.25, 0.3) is 5.91 Å². The molecule has 110 valence electrons. The normalized spacial score (nSPS) is 15.4. The van der Waals surface area contributed by atoms with E-state index < -0.39 is 0 Å². The Balaban J connectivity index is 1.99. The first-order valence-electron chi connectivity index (χ1n) is 7.17. The fraction of sp³-hybridized carbons (Fsp3) is 0.692. The number of amides is 1. The molecule has 0 saturated carbocycles. The highest BCUT2D eigenvalue weighted by atomic mass is 32.1. The van der Waals surface area contributed by atoms with Crippen LogP contribution in [0.15, 0.2) is 4.99 Å². The molecule has 7 heteroatoms. The van der Waals surface area contributed by atoms with Crippen LogP contribution in [0.2, 0.25) is 0 Å². The number of carbonyl (C=O) groups excluding carboxylic acids is 1. The lowest BCUT2D eigenvalue weighted by Crippen LogP contribution is -2.35. The van der Waals surface area contributed by atoms with Gasteiger partial charge in [0, 0.05) is 19.0 Å². The van der Waals surface area contributed by atoms with Gasteiger partial charge >= 0.3 is 0 Å². The number of hydrogen-bond acceptors (Lipinski definition) is 6. The van der Waals surface area contributed by atoms with Gasteiger partial charge in [-0.15, -0.1) is 10.2 Å². The van der Waals surface area contributed by atoms with Crippen LogP contribution in [0.3, 0.4) is 0 Å². The molecule has 0 radical (unpaired) electrons. The lowest BCUT2D eigenvalue weighted by atomic mass is 10.1. The Morgan fingerprint density at radius 1 is 1.35 bits per heavy atom. The Kier molecular flexibility index (Phi) is 5.46. The zero-order valence-corrected chi connectivity index (χ0v) is 12.8. The molecule has 2 rings (SSSR count). The smallest absolute Gasteiger partial charge is 0.292 e. The van der Waals surface area contributed by atoms with E-state index in [0.717, 1.165) is 37.2 Å². The summed E-state index contributed by atoms with van der Waals surface area (Å²) in [5.74, 6) is 0.604. The van der Waals surface area contributed by atoms with Crippen molar-refractivity contribution >= 4 is 28.2 Å². The van der Waals surface area contributed by atoms with E-state index in [2.05, 4.69) is 39.7 Å². The van der Waals surface area contributed by atoms with Gasteiger partial charge < -0.3 is 5.32 Å². The predicted molar refractivity (Wildman–Crippen MR) is 81.4 cm³/mol. The Morgan fingerprint density at radius 3 is 2.90 bits per heavy atom. The molecule has 0 saturated heterocycles.